The van der Waals surface area contributed by atoms with Gasteiger partial charge in [0.15, 0.2) is 6.10 Å². The number of hydrogen-bond donors (Lipinski definition) is 0. The third kappa shape index (κ3) is 41.9. The number of esters is 3. The zero-order valence-corrected chi connectivity index (χ0v) is 37.6. The fraction of sp³-hybridized carbons (Fsp3) is 0.939. The van der Waals surface area contributed by atoms with Crippen molar-refractivity contribution in [2.24, 2.45) is 11.8 Å². The van der Waals surface area contributed by atoms with Gasteiger partial charge < -0.3 is 14.2 Å². The van der Waals surface area contributed by atoms with Crippen molar-refractivity contribution in [3.05, 3.63) is 0 Å². The van der Waals surface area contributed by atoms with Gasteiger partial charge in [0.25, 0.3) is 0 Å². The lowest BCUT2D eigenvalue weighted by atomic mass is 10.00. The lowest BCUT2D eigenvalue weighted by molar-refractivity contribution is -0.167. The lowest BCUT2D eigenvalue weighted by Crippen LogP contribution is -2.30. The first kappa shape index (κ1) is 53.4. The zero-order valence-electron chi connectivity index (χ0n) is 37.6. The number of hydrogen-bond acceptors (Lipinski definition) is 6. The van der Waals surface area contributed by atoms with Gasteiger partial charge in [-0.25, -0.2) is 0 Å². The molecule has 0 fully saturated rings. The second kappa shape index (κ2) is 42.0. The van der Waals surface area contributed by atoms with Gasteiger partial charge in [0.2, 0.25) is 0 Å². The van der Waals surface area contributed by atoms with Crippen LogP contribution in [0.5, 0.6) is 0 Å². The third-order valence-corrected chi connectivity index (χ3v) is 11.3. The van der Waals surface area contributed by atoms with Gasteiger partial charge in [-0.1, -0.05) is 227 Å². The van der Waals surface area contributed by atoms with Crippen LogP contribution in [0.25, 0.3) is 0 Å². The summed E-state index contributed by atoms with van der Waals surface area (Å²) in [6.07, 6.45) is 40.9. The van der Waals surface area contributed by atoms with E-state index < -0.39 is 6.10 Å². The predicted molar refractivity (Wildman–Crippen MR) is 233 cm³/mol. The van der Waals surface area contributed by atoms with Gasteiger partial charge >= 0.3 is 17.9 Å². The number of unbranched alkanes of at least 4 members (excludes halogenated alkanes) is 27. The minimum Gasteiger partial charge on any atom is -0.462 e. The Kier molecular flexibility index (Phi) is 40.8. The van der Waals surface area contributed by atoms with Crippen molar-refractivity contribution in [2.75, 3.05) is 13.2 Å². The highest BCUT2D eigenvalue weighted by atomic mass is 16.6. The summed E-state index contributed by atoms with van der Waals surface area (Å²) in [5.41, 5.74) is 0. The maximum Gasteiger partial charge on any atom is 0.306 e. The molecule has 0 spiro atoms. The Hall–Kier alpha value is -1.59. The van der Waals surface area contributed by atoms with Crippen molar-refractivity contribution >= 4 is 17.9 Å². The molecule has 0 heterocycles. The predicted octanol–water partition coefficient (Wildman–Crippen LogP) is 15.4. The number of rotatable bonds is 43. The average molecular weight is 779 g/mol. The van der Waals surface area contributed by atoms with Crippen LogP contribution in [0.15, 0.2) is 0 Å². The second-order valence-corrected chi connectivity index (χ2v) is 17.5. The van der Waals surface area contributed by atoms with Gasteiger partial charge in [-0.2, -0.15) is 0 Å². The maximum absolute atomic E-state index is 12.7. The summed E-state index contributed by atoms with van der Waals surface area (Å²) < 4.78 is 16.7. The molecule has 0 aromatic heterocycles. The van der Waals surface area contributed by atoms with E-state index >= 15 is 0 Å². The second-order valence-electron chi connectivity index (χ2n) is 17.5. The molecule has 0 aromatic carbocycles. The van der Waals surface area contributed by atoms with E-state index in [4.69, 9.17) is 14.2 Å². The molecule has 55 heavy (non-hydrogen) atoms. The van der Waals surface area contributed by atoms with Crippen LogP contribution < -0.4 is 0 Å². The summed E-state index contributed by atoms with van der Waals surface area (Å²) in [4.78, 5) is 37.7. The van der Waals surface area contributed by atoms with Gasteiger partial charge in [0, 0.05) is 19.3 Å². The van der Waals surface area contributed by atoms with Crippen molar-refractivity contribution < 1.29 is 28.6 Å². The molecular weight excluding hydrogens is 685 g/mol. The number of carbonyl (C=O) groups is 3. The molecule has 6 nitrogen and oxygen atoms in total. The lowest BCUT2D eigenvalue weighted by Gasteiger charge is -2.18. The summed E-state index contributed by atoms with van der Waals surface area (Å²) in [6.45, 7) is 11.3. The molecule has 1 unspecified atom stereocenters. The van der Waals surface area contributed by atoms with E-state index in [0.717, 1.165) is 69.6 Å². The zero-order chi connectivity index (χ0) is 40.5. The molecule has 0 aliphatic carbocycles. The molecule has 0 aromatic rings. The molecule has 0 N–H and O–H groups in total. The van der Waals surface area contributed by atoms with Crippen LogP contribution in [0.1, 0.15) is 266 Å². The summed E-state index contributed by atoms with van der Waals surface area (Å²) in [6, 6.07) is 0. The molecule has 0 saturated heterocycles. The van der Waals surface area contributed by atoms with E-state index in [1.165, 1.54) is 154 Å². The van der Waals surface area contributed by atoms with Crippen LogP contribution in [-0.2, 0) is 28.6 Å². The molecule has 0 bridgehead atoms. The van der Waals surface area contributed by atoms with Gasteiger partial charge in [-0.05, 0) is 31.1 Å². The van der Waals surface area contributed by atoms with Crippen LogP contribution in [0, 0.1) is 11.8 Å². The first-order valence-corrected chi connectivity index (χ1v) is 24.3. The van der Waals surface area contributed by atoms with Crippen LogP contribution in [0.3, 0.4) is 0 Å². The average Bonchev–Trinajstić information content (AvgIpc) is 3.17. The van der Waals surface area contributed by atoms with Crippen molar-refractivity contribution in [2.45, 2.75) is 272 Å². The Morgan fingerprint density at radius 1 is 0.382 bits per heavy atom. The summed E-state index contributed by atoms with van der Waals surface area (Å²) in [5, 5.41) is 0. The molecular formula is C49H94O6. The van der Waals surface area contributed by atoms with E-state index in [-0.39, 0.29) is 31.1 Å². The van der Waals surface area contributed by atoms with Crippen LogP contribution in [0.4, 0.5) is 0 Å². The minimum atomic E-state index is -0.761. The smallest absolute Gasteiger partial charge is 0.306 e. The van der Waals surface area contributed by atoms with E-state index in [1.807, 2.05) is 0 Å². The Balaban J connectivity index is 4.23. The Morgan fingerprint density at radius 3 is 1.04 bits per heavy atom. The van der Waals surface area contributed by atoms with E-state index in [1.54, 1.807) is 0 Å². The van der Waals surface area contributed by atoms with Crippen molar-refractivity contribution in [1.82, 2.24) is 0 Å². The van der Waals surface area contributed by atoms with Crippen LogP contribution in [0.2, 0.25) is 0 Å². The third-order valence-electron chi connectivity index (χ3n) is 11.3. The Morgan fingerprint density at radius 2 is 0.691 bits per heavy atom. The summed E-state index contributed by atoms with van der Waals surface area (Å²) >= 11 is 0. The molecule has 2 atom stereocenters. The van der Waals surface area contributed by atoms with Gasteiger partial charge in [-0.15, -0.1) is 0 Å². The summed E-state index contributed by atoms with van der Waals surface area (Å²) in [7, 11) is 0. The standard InChI is InChI=1S/C49H94O6/c1-6-8-9-10-11-19-23-29-34-39-47(50)53-42-46(55-49(52)41-36-31-26-25-28-33-38-45(5)7-2)43-54-48(51)40-35-30-24-21-18-16-14-12-13-15-17-20-22-27-32-37-44(3)4/h44-46H,6-43H2,1-5H3/t45?,46-/m1/s1. The van der Waals surface area contributed by atoms with Crippen molar-refractivity contribution in [3.63, 3.8) is 0 Å². The molecule has 0 radical (unpaired) electrons. The van der Waals surface area contributed by atoms with Gasteiger partial charge in [0.1, 0.15) is 13.2 Å². The minimum absolute atomic E-state index is 0.0651. The highest BCUT2D eigenvalue weighted by Crippen LogP contribution is 2.17. The fourth-order valence-electron chi connectivity index (χ4n) is 7.25. The van der Waals surface area contributed by atoms with Crippen molar-refractivity contribution in [3.8, 4) is 0 Å². The van der Waals surface area contributed by atoms with Gasteiger partial charge in [-0.3, -0.25) is 14.4 Å². The molecule has 0 aliphatic rings. The van der Waals surface area contributed by atoms with E-state index in [2.05, 4.69) is 34.6 Å². The summed E-state index contributed by atoms with van der Waals surface area (Å²) in [5.74, 6) is 0.800. The molecule has 0 rings (SSSR count). The quantitative estimate of drug-likeness (QED) is 0.0348. The Bertz CT molecular complexity index is 841. The monoisotopic (exact) mass is 779 g/mol. The SMILES string of the molecule is CCCCCCCCCCCC(=O)OC[C@H](COC(=O)CCCCCCCCCCCCCCCCCC(C)C)OC(=O)CCCCCCCCC(C)CC. The molecule has 6 heteroatoms. The first-order chi connectivity index (χ1) is 26.8. The molecule has 0 amide bonds. The van der Waals surface area contributed by atoms with E-state index in [0.29, 0.717) is 19.3 Å². The normalized spacial score (nSPS) is 12.5. The number of carbonyl (C=O) groups excluding carboxylic acids is 3. The molecule has 0 saturated carbocycles. The highest BCUT2D eigenvalue weighted by molar-refractivity contribution is 5.71. The van der Waals surface area contributed by atoms with Gasteiger partial charge in [0.05, 0.1) is 0 Å². The topological polar surface area (TPSA) is 78.9 Å². The molecule has 0 aliphatic heterocycles. The first-order valence-electron chi connectivity index (χ1n) is 24.3. The molecule has 326 valence electrons. The van der Waals surface area contributed by atoms with Crippen molar-refractivity contribution in [1.29, 1.82) is 0 Å². The number of ether oxygens (including phenoxy) is 3. The Labute approximate surface area is 342 Å². The highest BCUT2D eigenvalue weighted by Gasteiger charge is 2.19. The van der Waals surface area contributed by atoms with E-state index in [9.17, 15) is 14.4 Å². The maximum atomic E-state index is 12.7. The van der Waals surface area contributed by atoms with Crippen LogP contribution >= 0.6 is 0 Å². The fourth-order valence-corrected chi connectivity index (χ4v) is 7.25. The van der Waals surface area contributed by atoms with Crippen LogP contribution in [-0.4, -0.2) is 37.2 Å². The largest absolute Gasteiger partial charge is 0.462 e.